The molecule has 2 aromatic rings. The van der Waals surface area contributed by atoms with Crippen LogP contribution in [0.2, 0.25) is 0 Å². The molecule has 2 rings (SSSR count). The largest absolute Gasteiger partial charge is 0.465 e. The van der Waals surface area contributed by atoms with Gasteiger partial charge >= 0.3 is 12.1 Å². The Hall–Kier alpha value is -2.68. The molecule has 0 atom stereocenters. The van der Waals surface area contributed by atoms with Crippen molar-refractivity contribution in [3.63, 3.8) is 0 Å². The first-order chi connectivity index (χ1) is 12.2. The molecule has 5 nitrogen and oxygen atoms in total. The first kappa shape index (κ1) is 19.6. The van der Waals surface area contributed by atoms with Gasteiger partial charge in [-0.2, -0.15) is 17.5 Å². The summed E-state index contributed by atoms with van der Waals surface area (Å²) >= 11 is 0.643. The van der Waals surface area contributed by atoms with E-state index in [2.05, 4.69) is 4.37 Å². The summed E-state index contributed by atoms with van der Waals surface area (Å²) in [5.74, 6) is -2.92. The van der Waals surface area contributed by atoms with E-state index >= 15 is 0 Å². The maximum atomic E-state index is 13.0. The number of rotatable bonds is 5. The molecule has 0 aliphatic heterocycles. The number of nitrogens with zero attached hydrogens (tertiary/aromatic N) is 2. The molecule has 26 heavy (non-hydrogen) atoms. The van der Waals surface area contributed by atoms with E-state index in [1.165, 1.54) is 19.0 Å². The third kappa shape index (κ3) is 4.10. The van der Waals surface area contributed by atoms with Gasteiger partial charge in [-0.1, -0.05) is 30.3 Å². The average molecular weight is 384 g/mol. The van der Waals surface area contributed by atoms with Crippen LogP contribution in [0.5, 0.6) is 0 Å². The van der Waals surface area contributed by atoms with Gasteiger partial charge in [0.25, 0.3) is 5.78 Å². The second kappa shape index (κ2) is 7.69. The predicted octanol–water partition coefficient (Wildman–Crippen LogP) is 3.63. The molecule has 1 aromatic heterocycles. The van der Waals surface area contributed by atoms with Crippen LogP contribution >= 0.6 is 11.5 Å². The van der Waals surface area contributed by atoms with Crippen LogP contribution in [0.3, 0.4) is 0 Å². The number of hydrogen-bond acceptors (Lipinski definition) is 6. The molecule has 0 radical (unpaired) electrons. The number of alkyl halides is 3. The number of ether oxygens (including phenoxy) is 1. The van der Waals surface area contributed by atoms with Crippen LogP contribution in [-0.4, -0.2) is 48.4 Å². The third-order valence-corrected chi connectivity index (χ3v) is 4.14. The van der Waals surface area contributed by atoms with E-state index in [0.717, 1.165) is 13.3 Å². The van der Waals surface area contributed by atoms with Gasteiger partial charge in [0, 0.05) is 25.9 Å². The van der Waals surface area contributed by atoms with Gasteiger partial charge in [0.15, 0.2) is 0 Å². The number of methoxy groups -OCH3 is 1. The number of aromatic nitrogens is 1. The number of halogens is 3. The van der Waals surface area contributed by atoms with Crippen LogP contribution in [0, 0.1) is 0 Å². The standard InChI is InChI=1S/C17H15F3N2O3S/c1-22(2)9-11(15(23)17(18,19)20)14-12(16(24)25-3)13(21-26-14)10-7-5-4-6-8-10/h4-9H,1-3H3/b11-9-. The quantitative estimate of drug-likeness (QED) is 0.582. The molecule has 0 saturated heterocycles. The molecule has 0 unspecified atom stereocenters. The Labute approximate surface area is 151 Å². The fraction of sp³-hybridized carbons (Fsp3) is 0.235. The van der Waals surface area contributed by atoms with E-state index in [-0.39, 0.29) is 16.1 Å². The van der Waals surface area contributed by atoms with Gasteiger partial charge in [-0.25, -0.2) is 4.79 Å². The normalized spacial score (nSPS) is 12.0. The molecule has 0 spiro atoms. The highest BCUT2D eigenvalue weighted by atomic mass is 32.1. The summed E-state index contributed by atoms with van der Waals surface area (Å²) in [7, 11) is 4.06. The topological polar surface area (TPSA) is 59.5 Å². The fourth-order valence-electron chi connectivity index (χ4n) is 2.19. The molecule has 1 aromatic carbocycles. The molecule has 1 heterocycles. The molecule has 0 aliphatic carbocycles. The van der Waals surface area contributed by atoms with E-state index in [4.69, 9.17) is 4.74 Å². The summed E-state index contributed by atoms with van der Waals surface area (Å²) in [6, 6.07) is 8.47. The first-order valence-corrected chi connectivity index (χ1v) is 8.07. The fourth-order valence-corrected chi connectivity index (χ4v) is 3.08. The maximum absolute atomic E-state index is 13.0. The van der Waals surface area contributed by atoms with Crippen molar-refractivity contribution in [1.82, 2.24) is 9.27 Å². The molecule has 0 fully saturated rings. The lowest BCUT2D eigenvalue weighted by Gasteiger charge is -2.13. The highest BCUT2D eigenvalue weighted by Crippen LogP contribution is 2.36. The van der Waals surface area contributed by atoms with Crippen LogP contribution in [0.25, 0.3) is 16.8 Å². The first-order valence-electron chi connectivity index (χ1n) is 7.30. The zero-order valence-electron chi connectivity index (χ0n) is 14.1. The summed E-state index contributed by atoms with van der Waals surface area (Å²) in [4.78, 5) is 25.3. The molecule has 0 N–H and O–H groups in total. The van der Waals surface area contributed by atoms with E-state index in [1.807, 2.05) is 0 Å². The van der Waals surface area contributed by atoms with Crippen molar-refractivity contribution < 1.29 is 27.5 Å². The number of benzene rings is 1. The number of esters is 1. The van der Waals surface area contributed by atoms with Gasteiger partial charge in [0.1, 0.15) is 5.56 Å². The van der Waals surface area contributed by atoms with Crippen molar-refractivity contribution in [3.05, 3.63) is 47.0 Å². The zero-order chi connectivity index (χ0) is 19.5. The Bertz CT molecular complexity index is 843. The lowest BCUT2D eigenvalue weighted by Crippen LogP contribution is -2.25. The summed E-state index contributed by atoms with van der Waals surface area (Å²) in [5.41, 5.74) is -0.145. The van der Waals surface area contributed by atoms with Crippen LogP contribution in [0.4, 0.5) is 13.2 Å². The summed E-state index contributed by atoms with van der Waals surface area (Å²) in [5, 5.41) is 0. The van der Waals surface area contributed by atoms with Gasteiger partial charge in [-0.15, -0.1) is 0 Å². The lowest BCUT2D eigenvalue weighted by molar-refractivity contribution is -0.164. The van der Waals surface area contributed by atoms with Crippen molar-refractivity contribution in [2.24, 2.45) is 0 Å². The summed E-state index contributed by atoms with van der Waals surface area (Å²) < 4.78 is 47.9. The maximum Gasteiger partial charge on any atom is 0.454 e. The molecule has 0 aliphatic rings. The van der Waals surface area contributed by atoms with Gasteiger partial charge in [-0.05, 0) is 11.5 Å². The molecule has 0 amide bonds. The highest BCUT2D eigenvalue weighted by Gasteiger charge is 2.43. The molecular formula is C17H15F3N2O3S. The van der Waals surface area contributed by atoms with Gasteiger partial charge < -0.3 is 9.64 Å². The number of hydrogen-bond donors (Lipinski definition) is 0. The van der Waals surface area contributed by atoms with Crippen molar-refractivity contribution in [2.75, 3.05) is 21.2 Å². The number of carbonyl (C=O) groups is 2. The van der Waals surface area contributed by atoms with Gasteiger partial charge in [0.05, 0.1) is 23.3 Å². The summed E-state index contributed by atoms with van der Waals surface area (Å²) in [6.45, 7) is 0. The van der Waals surface area contributed by atoms with Gasteiger partial charge in [0.2, 0.25) is 0 Å². The van der Waals surface area contributed by atoms with Crippen molar-refractivity contribution >= 4 is 28.9 Å². The van der Waals surface area contributed by atoms with E-state index in [1.54, 1.807) is 30.3 Å². The predicted molar refractivity (Wildman–Crippen MR) is 91.6 cm³/mol. The highest BCUT2D eigenvalue weighted by molar-refractivity contribution is 7.08. The number of carbonyl (C=O) groups excluding carboxylic acids is 2. The molecule has 9 heteroatoms. The van der Waals surface area contributed by atoms with Crippen molar-refractivity contribution in [3.8, 4) is 11.3 Å². The van der Waals surface area contributed by atoms with E-state index in [0.29, 0.717) is 17.1 Å². The average Bonchev–Trinajstić information content (AvgIpc) is 3.03. The SMILES string of the molecule is COC(=O)c1c(-c2ccccc2)nsc1/C(=C/N(C)C)C(=O)C(F)(F)F. The smallest absolute Gasteiger partial charge is 0.454 e. The zero-order valence-corrected chi connectivity index (χ0v) is 14.9. The monoisotopic (exact) mass is 384 g/mol. The Balaban J connectivity index is 2.72. The number of Topliss-reactive ketones (excluding diaryl/α,β-unsaturated/α-hetero) is 1. The van der Waals surface area contributed by atoms with Crippen molar-refractivity contribution in [1.29, 1.82) is 0 Å². The molecule has 0 saturated carbocycles. The van der Waals surface area contributed by atoms with E-state index in [9.17, 15) is 22.8 Å². The van der Waals surface area contributed by atoms with Gasteiger partial charge in [-0.3, -0.25) is 4.79 Å². The Morgan fingerprint density at radius 3 is 2.31 bits per heavy atom. The second-order valence-electron chi connectivity index (χ2n) is 5.43. The summed E-state index contributed by atoms with van der Waals surface area (Å²) in [6.07, 6.45) is -4.07. The molecular weight excluding hydrogens is 369 g/mol. The second-order valence-corrected chi connectivity index (χ2v) is 6.20. The van der Waals surface area contributed by atoms with Crippen LogP contribution in [0.1, 0.15) is 15.2 Å². The Kier molecular flexibility index (Phi) is 5.81. The molecule has 0 bridgehead atoms. The third-order valence-electron chi connectivity index (χ3n) is 3.26. The minimum atomic E-state index is -5.09. The van der Waals surface area contributed by atoms with Crippen LogP contribution in [0.15, 0.2) is 36.5 Å². The van der Waals surface area contributed by atoms with Crippen LogP contribution < -0.4 is 0 Å². The number of allylic oxidation sites excluding steroid dienone is 1. The molecule has 138 valence electrons. The van der Waals surface area contributed by atoms with E-state index < -0.39 is 23.5 Å². The Morgan fingerprint density at radius 2 is 1.81 bits per heavy atom. The van der Waals surface area contributed by atoms with Crippen LogP contribution in [-0.2, 0) is 9.53 Å². The van der Waals surface area contributed by atoms with Crippen molar-refractivity contribution in [2.45, 2.75) is 6.18 Å². The Morgan fingerprint density at radius 1 is 1.19 bits per heavy atom. The minimum absolute atomic E-state index is 0.164. The minimum Gasteiger partial charge on any atom is -0.465 e. The lowest BCUT2D eigenvalue weighted by atomic mass is 10.0. The number of ketones is 1.